The Balaban J connectivity index is 2.10. The molecule has 0 aliphatic heterocycles. The summed E-state index contributed by atoms with van der Waals surface area (Å²) in [7, 11) is 0. The zero-order valence-electron chi connectivity index (χ0n) is 10.7. The lowest BCUT2D eigenvalue weighted by Crippen LogP contribution is -2.26. The van der Waals surface area contributed by atoms with Gasteiger partial charge in [-0.3, -0.25) is 4.79 Å². The molecule has 2 aromatic rings. The fourth-order valence-electron chi connectivity index (χ4n) is 1.64. The van der Waals surface area contributed by atoms with E-state index in [9.17, 15) is 4.79 Å². The molecule has 0 spiro atoms. The molecule has 1 unspecified atom stereocenters. The fraction of sp³-hybridized carbons (Fsp3) is 0.214. The first kappa shape index (κ1) is 13.2. The Labute approximate surface area is 115 Å². The van der Waals surface area contributed by atoms with Crippen LogP contribution in [0.2, 0.25) is 0 Å². The predicted molar refractivity (Wildman–Crippen MR) is 73.9 cm³/mol. The molecule has 1 atom stereocenters. The van der Waals surface area contributed by atoms with Crippen LogP contribution >= 0.6 is 11.3 Å². The number of amides is 1. The van der Waals surface area contributed by atoms with Crippen LogP contribution in [0.15, 0.2) is 30.5 Å². The largest absolute Gasteiger partial charge is 0.343 e. The molecule has 1 aromatic carbocycles. The summed E-state index contributed by atoms with van der Waals surface area (Å²) in [5.41, 5.74) is 0.963. The number of nitrogens with one attached hydrogen (secondary N) is 1. The third-order valence-electron chi connectivity index (χ3n) is 2.61. The monoisotopic (exact) mass is 271 g/mol. The van der Waals surface area contributed by atoms with Gasteiger partial charge in [0.05, 0.1) is 17.7 Å². The van der Waals surface area contributed by atoms with Gasteiger partial charge in [0.1, 0.15) is 5.01 Å². The standard InChI is InChI=1S/C14H13N3OS/c1-9-8-16-14(19-9)10(2)17-13(18)12-5-3-4-11(6-12)7-15/h3-6,8,10H,1-2H3,(H,17,18). The molecule has 4 nitrogen and oxygen atoms in total. The van der Waals surface area contributed by atoms with Gasteiger partial charge in [-0.1, -0.05) is 6.07 Å². The van der Waals surface area contributed by atoms with Gasteiger partial charge in [-0.2, -0.15) is 5.26 Å². The van der Waals surface area contributed by atoms with Crippen molar-refractivity contribution in [3.63, 3.8) is 0 Å². The van der Waals surface area contributed by atoms with E-state index in [2.05, 4.69) is 10.3 Å². The average molecular weight is 271 g/mol. The summed E-state index contributed by atoms with van der Waals surface area (Å²) in [6.07, 6.45) is 1.79. The Hall–Kier alpha value is -2.19. The van der Waals surface area contributed by atoms with Crippen molar-refractivity contribution in [2.24, 2.45) is 0 Å². The van der Waals surface area contributed by atoms with Crippen molar-refractivity contribution in [2.75, 3.05) is 0 Å². The number of carbonyl (C=O) groups excluding carboxylic acids is 1. The van der Waals surface area contributed by atoms with Gasteiger partial charge in [0.25, 0.3) is 5.91 Å². The van der Waals surface area contributed by atoms with Crippen molar-refractivity contribution in [1.82, 2.24) is 10.3 Å². The number of hydrogen-bond acceptors (Lipinski definition) is 4. The van der Waals surface area contributed by atoms with Crippen LogP contribution in [-0.4, -0.2) is 10.9 Å². The van der Waals surface area contributed by atoms with E-state index in [1.54, 1.807) is 41.8 Å². The molecule has 2 rings (SSSR count). The first-order valence-corrected chi connectivity index (χ1v) is 6.65. The van der Waals surface area contributed by atoms with E-state index < -0.39 is 0 Å². The molecule has 96 valence electrons. The zero-order chi connectivity index (χ0) is 13.8. The van der Waals surface area contributed by atoms with Crippen molar-refractivity contribution >= 4 is 17.2 Å². The maximum absolute atomic E-state index is 12.1. The minimum atomic E-state index is -0.197. The van der Waals surface area contributed by atoms with Gasteiger partial charge in [-0.25, -0.2) is 4.98 Å². The molecule has 0 saturated carbocycles. The quantitative estimate of drug-likeness (QED) is 0.933. The predicted octanol–water partition coefficient (Wildman–Crippen LogP) is 2.81. The zero-order valence-corrected chi connectivity index (χ0v) is 11.5. The Kier molecular flexibility index (Phi) is 3.93. The summed E-state index contributed by atoms with van der Waals surface area (Å²) in [4.78, 5) is 17.4. The topological polar surface area (TPSA) is 65.8 Å². The molecule has 0 aliphatic carbocycles. The third kappa shape index (κ3) is 3.18. The highest BCUT2D eigenvalue weighted by molar-refractivity contribution is 7.11. The highest BCUT2D eigenvalue weighted by atomic mass is 32.1. The van der Waals surface area contributed by atoms with Crippen LogP contribution in [0.1, 0.15) is 38.8 Å². The number of benzene rings is 1. The summed E-state index contributed by atoms with van der Waals surface area (Å²) in [6.45, 7) is 3.87. The second kappa shape index (κ2) is 5.63. The molecule has 1 heterocycles. The van der Waals surface area contributed by atoms with E-state index in [1.165, 1.54) is 0 Å². The molecule has 5 heteroatoms. The number of nitriles is 1. The second-order valence-electron chi connectivity index (χ2n) is 4.20. The molecule has 1 amide bonds. The van der Waals surface area contributed by atoms with Gasteiger partial charge in [0.2, 0.25) is 0 Å². The summed E-state index contributed by atoms with van der Waals surface area (Å²) in [5.74, 6) is -0.197. The Morgan fingerprint density at radius 1 is 1.53 bits per heavy atom. The Morgan fingerprint density at radius 3 is 2.95 bits per heavy atom. The van der Waals surface area contributed by atoms with Gasteiger partial charge in [-0.15, -0.1) is 11.3 Å². The smallest absolute Gasteiger partial charge is 0.251 e. The number of nitrogens with zero attached hydrogens (tertiary/aromatic N) is 2. The normalized spacial score (nSPS) is 11.6. The first-order valence-electron chi connectivity index (χ1n) is 5.83. The van der Waals surface area contributed by atoms with Crippen LogP contribution in [-0.2, 0) is 0 Å². The average Bonchev–Trinajstić information content (AvgIpc) is 2.85. The van der Waals surface area contributed by atoms with E-state index in [4.69, 9.17) is 5.26 Å². The highest BCUT2D eigenvalue weighted by Gasteiger charge is 2.14. The number of aromatic nitrogens is 1. The molecule has 1 aromatic heterocycles. The van der Waals surface area contributed by atoms with E-state index >= 15 is 0 Å². The van der Waals surface area contributed by atoms with Gasteiger partial charge in [0.15, 0.2) is 0 Å². The maximum atomic E-state index is 12.1. The van der Waals surface area contributed by atoms with Crippen LogP contribution in [0, 0.1) is 18.3 Å². The van der Waals surface area contributed by atoms with Crippen LogP contribution in [0.5, 0.6) is 0 Å². The Morgan fingerprint density at radius 2 is 2.32 bits per heavy atom. The summed E-state index contributed by atoms with van der Waals surface area (Å²) < 4.78 is 0. The van der Waals surface area contributed by atoms with E-state index in [0.717, 1.165) is 9.88 Å². The minimum Gasteiger partial charge on any atom is -0.343 e. The van der Waals surface area contributed by atoms with Crippen molar-refractivity contribution < 1.29 is 4.79 Å². The molecule has 0 fully saturated rings. The highest BCUT2D eigenvalue weighted by Crippen LogP contribution is 2.19. The van der Waals surface area contributed by atoms with E-state index in [-0.39, 0.29) is 11.9 Å². The minimum absolute atomic E-state index is 0.142. The molecule has 0 bridgehead atoms. The van der Waals surface area contributed by atoms with E-state index in [0.29, 0.717) is 11.1 Å². The number of rotatable bonds is 3. The summed E-state index contributed by atoms with van der Waals surface area (Å²) >= 11 is 1.56. The summed E-state index contributed by atoms with van der Waals surface area (Å²) in [6, 6.07) is 8.52. The lowest BCUT2D eigenvalue weighted by Gasteiger charge is -2.11. The fourth-order valence-corrected chi connectivity index (χ4v) is 2.42. The lowest BCUT2D eigenvalue weighted by atomic mass is 10.1. The van der Waals surface area contributed by atoms with Gasteiger partial charge in [-0.05, 0) is 32.0 Å². The van der Waals surface area contributed by atoms with Gasteiger partial charge in [0, 0.05) is 16.6 Å². The molecule has 0 radical (unpaired) electrons. The molecule has 0 aliphatic rings. The summed E-state index contributed by atoms with van der Waals surface area (Å²) in [5, 5.41) is 12.6. The maximum Gasteiger partial charge on any atom is 0.251 e. The SMILES string of the molecule is Cc1cnc(C(C)NC(=O)c2cccc(C#N)c2)s1. The van der Waals surface area contributed by atoms with E-state index in [1.807, 2.05) is 19.9 Å². The number of hydrogen-bond donors (Lipinski definition) is 1. The van der Waals surface area contributed by atoms with Crippen molar-refractivity contribution in [1.29, 1.82) is 5.26 Å². The van der Waals surface area contributed by atoms with Crippen molar-refractivity contribution in [3.05, 3.63) is 51.5 Å². The van der Waals surface area contributed by atoms with Crippen molar-refractivity contribution in [3.8, 4) is 6.07 Å². The first-order chi connectivity index (χ1) is 9.10. The van der Waals surface area contributed by atoms with Gasteiger partial charge < -0.3 is 5.32 Å². The van der Waals surface area contributed by atoms with Gasteiger partial charge >= 0.3 is 0 Å². The van der Waals surface area contributed by atoms with Crippen LogP contribution < -0.4 is 5.32 Å². The Bertz CT molecular complexity index is 642. The van der Waals surface area contributed by atoms with Crippen LogP contribution in [0.3, 0.4) is 0 Å². The van der Waals surface area contributed by atoms with Crippen LogP contribution in [0.4, 0.5) is 0 Å². The number of aryl methyl sites for hydroxylation is 1. The van der Waals surface area contributed by atoms with Crippen molar-refractivity contribution in [2.45, 2.75) is 19.9 Å². The second-order valence-corrected chi connectivity index (χ2v) is 5.46. The number of carbonyl (C=O) groups is 1. The lowest BCUT2D eigenvalue weighted by molar-refractivity contribution is 0.0940. The third-order valence-corrected chi connectivity index (χ3v) is 3.71. The molecule has 0 saturated heterocycles. The van der Waals surface area contributed by atoms with Crippen LogP contribution in [0.25, 0.3) is 0 Å². The molecule has 19 heavy (non-hydrogen) atoms. The molecular weight excluding hydrogens is 258 g/mol. The number of thiazole rings is 1. The molecular formula is C14H13N3OS. The molecule has 1 N–H and O–H groups in total.